The highest BCUT2D eigenvalue weighted by molar-refractivity contribution is 6.30. The first-order valence-electron chi connectivity index (χ1n) is 7.97. The number of hydrogen-bond donors (Lipinski definition) is 2. The van der Waals surface area contributed by atoms with E-state index in [2.05, 4.69) is 15.5 Å². The van der Waals surface area contributed by atoms with Crippen LogP contribution in [0.15, 0.2) is 18.2 Å². The number of aromatic nitrogens is 2. The lowest BCUT2D eigenvalue weighted by molar-refractivity contribution is -0.131. The molecule has 1 amide bonds. The Morgan fingerprint density at radius 3 is 3.17 bits per heavy atom. The summed E-state index contributed by atoms with van der Waals surface area (Å²) in [5, 5.41) is 11.5. The molecule has 2 N–H and O–H groups in total. The van der Waals surface area contributed by atoms with E-state index in [4.69, 9.17) is 11.6 Å². The van der Waals surface area contributed by atoms with Gasteiger partial charge in [0.05, 0.1) is 12.2 Å². The van der Waals surface area contributed by atoms with Crippen molar-refractivity contribution in [1.29, 1.82) is 0 Å². The molecule has 0 spiro atoms. The Balaban J connectivity index is 1.45. The molecule has 0 saturated heterocycles. The highest BCUT2D eigenvalue weighted by atomic mass is 35.5. The molecule has 0 fully saturated rings. The van der Waals surface area contributed by atoms with Gasteiger partial charge >= 0.3 is 0 Å². The Bertz CT molecular complexity index is 770. The number of rotatable bonds is 3. The van der Waals surface area contributed by atoms with Gasteiger partial charge < -0.3 is 10.2 Å². The van der Waals surface area contributed by atoms with Crippen LogP contribution < -0.4 is 5.32 Å². The zero-order chi connectivity index (χ0) is 16.0. The molecule has 5 nitrogen and oxygen atoms in total. The van der Waals surface area contributed by atoms with Crippen LogP contribution in [0, 0.1) is 0 Å². The maximum atomic E-state index is 12.7. The van der Waals surface area contributed by atoms with Gasteiger partial charge in [0.25, 0.3) is 0 Å². The van der Waals surface area contributed by atoms with Gasteiger partial charge in [0.15, 0.2) is 0 Å². The average Bonchev–Trinajstić information content (AvgIpc) is 3.22. The zero-order valence-electron chi connectivity index (χ0n) is 13.0. The Morgan fingerprint density at radius 1 is 1.43 bits per heavy atom. The van der Waals surface area contributed by atoms with Crippen molar-refractivity contribution < 1.29 is 4.79 Å². The van der Waals surface area contributed by atoms with Crippen molar-refractivity contribution in [3.63, 3.8) is 0 Å². The molecule has 1 aromatic carbocycles. The minimum absolute atomic E-state index is 0.0899. The van der Waals surface area contributed by atoms with Crippen molar-refractivity contribution >= 4 is 23.2 Å². The second-order valence-electron chi connectivity index (χ2n) is 6.38. The fourth-order valence-corrected chi connectivity index (χ4v) is 3.76. The standard InChI is InChI=1S/C17H19ClN4O/c1-22(9-16-12-3-2-4-14(12)20-21-16)17(23)15-8-10-7-11(18)5-6-13(10)19-15/h5-7,15,19H,2-4,8-9H2,1H3,(H,20,21). The monoisotopic (exact) mass is 330 g/mol. The third-order valence-corrected chi connectivity index (χ3v) is 5.01. The topological polar surface area (TPSA) is 61.0 Å². The summed E-state index contributed by atoms with van der Waals surface area (Å²) in [5.74, 6) is 0.0899. The second kappa shape index (κ2) is 5.57. The normalized spacial score (nSPS) is 18.4. The van der Waals surface area contributed by atoms with Gasteiger partial charge in [-0.05, 0) is 48.6 Å². The van der Waals surface area contributed by atoms with E-state index in [1.165, 1.54) is 17.7 Å². The van der Waals surface area contributed by atoms with Crippen molar-refractivity contribution in [2.45, 2.75) is 38.3 Å². The molecule has 1 aliphatic carbocycles. The van der Waals surface area contributed by atoms with Crippen LogP contribution in [0.4, 0.5) is 5.69 Å². The van der Waals surface area contributed by atoms with E-state index in [0.29, 0.717) is 18.0 Å². The molecular weight excluding hydrogens is 312 g/mol. The number of hydrogen-bond acceptors (Lipinski definition) is 3. The van der Waals surface area contributed by atoms with Crippen LogP contribution in [-0.4, -0.2) is 34.1 Å². The minimum Gasteiger partial charge on any atom is -0.373 e. The molecule has 0 radical (unpaired) electrons. The molecule has 120 valence electrons. The maximum Gasteiger partial charge on any atom is 0.245 e. The van der Waals surface area contributed by atoms with Gasteiger partial charge in [-0.1, -0.05) is 11.6 Å². The zero-order valence-corrected chi connectivity index (χ0v) is 13.8. The van der Waals surface area contributed by atoms with Crippen molar-refractivity contribution in [3.8, 4) is 0 Å². The Hall–Kier alpha value is -2.01. The van der Waals surface area contributed by atoms with E-state index in [1.54, 1.807) is 4.90 Å². The van der Waals surface area contributed by atoms with E-state index in [1.807, 2.05) is 25.2 Å². The lowest BCUT2D eigenvalue weighted by Crippen LogP contribution is -2.39. The number of fused-ring (bicyclic) bond motifs is 2. The molecule has 1 aliphatic heterocycles. The van der Waals surface area contributed by atoms with Gasteiger partial charge in [0.1, 0.15) is 6.04 Å². The number of benzene rings is 1. The van der Waals surface area contributed by atoms with Crippen molar-refractivity contribution in [2.24, 2.45) is 0 Å². The largest absolute Gasteiger partial charge is 0.373 e. The lowest BCUT2D eigenvalue weighted by atomic mass is 10.1. The number of aromatic amines is 1. The molecule has 1 unspecified atom stereocenters. The van der Waals surface area contributed by atoms with E-state index in [-0.39, 0.29) is 11.9 Å². The number of nitrogens with one attached hydrogen (secondary N) is 2. The van der Waals surface area contributed by atoms with Crippen LogP contribution in [0.25, 0.3) is 0 Å². The Kier molecular flexibility index (Phi) is 3.53. The molecule has 23 heavy (non-hydrogen) atoms. The highest BCUT2D eigenvalue weighted by Gasteiger charge is 2.30. The molecule has 2 heterocycles. The molecule has 1 aromatic heterocycles. The van der Waals surface area contributed by atoms with Crippen LogP contribution in [0.1, 0.15) is 28.9 Å². The van der Waals surface area contributed by atoms with Crippen molar-refractivity contribution in [2.75, 3.05) is 12.4 Å². The number of anilines is 1. The molecule has 6 heteroatoms. The molecule has 1 atom stereocenters. The third-order valence-electron chi connectivity index (χ3n) is 4.77. The molecular formula is C17H19ClN4O. The number of nitrogens with zero attached hydrogens (tertiary/aromatic N) is 2. The number of halogens is 1. The van der Waals surface area contributed by atoms with Crippen LogP contribution in [0.3, 0.4) is 0 Å². The van der Waals surface area contributed by atoms with E-state index >= 15 is 0 Å². The number of amides is 1. The summed E-state index contributed by atoms with van der Waals surface area (Å²) in [6.45, 7) is 0.556. The molecule has 2 aromatic rings. The van der Waals surface area contributed by atoms with E-state index < -0.39 is 0 Å². The number of aryl methyl sites for hydroxylation is 1. The van der Waals surface area contributed by atoms with Crippen LogP contribution in [0.5, 0.6) is 0 Å². The van der Waals surface area contributed by atoms with E-state index in [9.17, 15) is 4.79 Å². The summed E-state index contributed by atoms with van der Waals surface area (Å²) in [4.78, 5) is 14.5. The van der Waals surface area contributed by atoms with Crippen molar-refractivity contribution in [1.82, 2.24) is 15.1 Å². The summed E-state index contributed by atoms with van der Waals surface area (Å²) in [5.41, 5.74) is 5.65. The molecule has 2 aliphatic rings. The van der Waals surface area contributed by atoms with Gasteiger partial charge in [0, 0.05) is 29.9 Å². The first kappa shape index (κ1) is 14.6. The predicted molar refractivity (Wildman–Crippen MR) is 89.7 cm³/mol. The summed E-state index contributed by atoms with van der Waals surface area (Å²) in [6, 6.07) is 5.49. The first-order valence-corrected chi connectivity index (χ1v) is 8.34. The predicted octanol–water partition coefficient (Wildman–Crippen LogP) is 2.55. The van der Waals surface area contributed by atoms with Gasteiger partial charge in [-0.3, -0.25) is 9.89 Å². The summed E-state index contributed by atoms with van der Waals surface area (Å²) >= 11 is 6.03. The third kappa shape index (κ3) is 2.59. The van der Waals surface area contributed by atoms with Gasteiger partial charge in [-0.15, -0.1) is 0 Å². The number of H-pyrrole nitrogens is 1. The summed E-state index contributed by atoms with van der Waals surface area (Å²) < 4.78 is 0. The van der Waals surface area contributed by atoms with Gasteiger partial charge in [-0.25, -0.2) is 0 Å². The smallest absolute Gasteiger partial charge is 0.245 e. The van der Waals surface area contributed by atoms with Crippen LogP contribution in [0.2, 0.25) is 5.02 Å². The van der Waals surface area contributed by atoms with Gasteiger partial charge in [0.2, 0.25) is 5.91 Å². The number of carbonyl (C=O) groups excluding carboxylic acids is 1. The summed E-state index contributed by atoms with van der Waals surface area (Å²) in [6.07, 6.45) is 3.99. The highest BCUT2D eigenvalue weighted by Crippen LogP contribution is 2.29. The second-order valence-corrected chi connectivity index (χ2v) is 6.81. The fourth-order valence-electron chi connectivity index (χ4n) is 3.57. The molecule has 0 saturated carbocycles. The number of likely N-dealkylation sites (N-methyl/N-ethyl adjacent to an activating group) is 1. The molecule has 0 bridgehead atoms. The summed E-state index contributed by atoms with van der Waals surface area (Å²) in [7, 11) is 1.84. The fraction of sp³-hybridized carbons (Fsp3) is 0.412. The van der Waals surface area contributed by atoms with Crippen molar-refractivity contribution in [3.05, 3.63) is 45.7 Å². The van der Waals surface area contributed by atoms with E-state index in [0.717, 1.165) is 29.8 Å². The average molecular weight is 331 g/mol. The van der Waals surface area contributed by atoms with Crippen LogP contribution in [-0.2, 0) is 30.6 Å². The maximum absolute atomic E-state index is 12.7. The molecule has 4 rings (SSSR count). The Morgan fingerprint density at radius 2 is 2.30 bits per heavy atom. The minimum atomic E-state index is -0.222. The van der Waals surface area contributed by atoms with Crippen LogP contribution >= 0.6 is 11.6 Å². The Labute approximate surface area is 140 Å². The lowest BCUT2D eigenvalue weighted by Gasteiger charge is -2.21. The number of carbonyl (C=O) groups is 1. The van der Waals surface area contributed by atoms with Gasteiger partial charge in [-0.2, -0.15) is 5.10 Å². The first-order chi connectivity index (χ1) is 11.1. The SMILES string of the molecule is CN(Cc1n[nH]c2c1CCC2)C(=O)C1Cc2cc(Cl)ccc2N1. The quantitative estimate of drug-likeness (QED) is 0.909.